The molecule has 0 unspecified atom stereocenters. The molecule has 0 amide bonds. The van der Waals surface area contributed by atoms with E-state index in [1.165, 1.54) is 16.8 Å². The lowest BCUT2D eigenvalue weighted by atomic mass is 10.1. The van der Waals surface area contributed by atoms with Gasteiger partial charge in [-0.25, -0.2) is 0 Å². The lowest BCUT2D eigenvalue weighted by molar-refractivity contribution is -0.705. The molecular formula is C17H13F3N+. The molecule has 0 fully saturated rings. The Hall–Kier alpha value is -2.36. The third-order valence-electron chi connectivity index (χ3n) is 3.40. The van der Waals surface area contributed by atoms with Crippen LogP contribution in [0.15, 0.2) is 66.9 Å². The number of pyridine rings is 1. The van der Waals surface area contributed by atoms with Gasteiger partial charge in [-0.2, -0.15) is 17.7 Å². The molecule has 0 aliphatic rings. The first-order valence-electron chi connectivity index (χ1n) is 6.58. The van der Waals surface area contributed by atoms with Gasteiger partial charge in [-0.3, -0.25) is 0 Å². The molecule has 0 N–H and O–H groups in total. The highest BCUT2D eigenvalue weighted by atomic mass is 19.4. The molecule has 0 bridgehead atoms. The fraction of sp³-hybridized carbons (Fsp3) is 0.118. The summed E-state index contributed by atoms with van der Waals surface area (Å²) in [5.41, 5.74) is 0.229. The maximum Gasteiger partial charge on any atom is 0.478 e. The number of rotatable bonds is 2. The Morgan fingerprint density at radius 1 is 0.810 bits per heavy atom. The summed E-state index contributed by atoms with van der Waals surface area (Å²) >= 11 is 0. The molecule has 0 saturated heterocycles. The molecule has 3 rings (SSSR count). The van der Waals surface area contributed by atoms with Gasteiger partial charge in [0.05, 0.1) is 5.39 Å². The van der Waals surface area contributed by atoms with Crippen molar-refractivity contribution in [2.24, 2.45) is 0 Å². The van der Waals surface area contributed by atoms with Gasteiger partial charge in [0, 0.05) is 11.6 Å². The van der Waals surface area contributed by atoms with Crippen molar-refractivity contribution in [1.82, 2.24) is 0 Å². The van der Waals surface area contributed by atoms with Crippen LogP contribution in [0.4, 0.5) is 13.2 Å². The van der Waals surface area contributed by atoms with Gasteiger partial charge in [-0.05, 0) is 11.5 Å². The number of aromatic nitrogens is 1. The van der Waals surface area contributed by atoms with Crippen LogP contribution in [0, 0.1) is 0 Å². The van der Waals surface area contributed by atoms with E-state index in [4.69, 9.17) is 0 Å². The molecule has 2 aromatic carbocycles. The van der Waals surface area contributed by atoms with Crippen molar-refractivity contribution in [2.75, 3.05) is 0 Å². The molecular weight excluding hydrogens is 275 g/mol. The van der Waals surface area contributed by atoms with Gasteiger partial charge in [-0.15, -0.1) is 0 Å². The maximum absolute atomic E-state index is 13.5. The van der Waals surface area contributed by atoms with E-state index >= 15 is 0 Å². The zero-order valence-electron chi connectivity index (χ0n) is 11.1. The summed E-state index contributed by atoms with van der Waals surface area (Å²) in [6, 6.07) is 17.4. The molecule has 0 aliphatic carbocycles. The second-order valence-corrected chi connectivity index (χ2v) is 4.86. The highest BCUT2D eigenvalue weighted by Crippen LogP contribution is 2.32. The van der Waals surface area contributed by atoms with Crippen LogP contribution in [-0.2, 0) is 12.7 Å². The average molecular weight is 288 g/mol. The summed E-state index contributed by atoms with van der Waals surface area (Å²) in [6.45, 7) is 0.195. The third kappa shape index (κ3) is 2.75. The van der Waals surface area contributed by atoms with Gasteiger partial charge in [0.1, 0.15) is 0 Å². The fourth-order valence-electron chi connectivity index (χ4n) is 2.48. The number of fused-ring (bicyclic) bond motifs is 1. The Labute approximate surface area is 120 Å². The van der Waals surface area contributed by atoms with Crippen LogP contribution in [0.1, 0.15) is 11.3 Å². The van der Waals surface area contributed by atoms with Gasteiger partial charge in [0.25, 0.3) is 5.69 Å². The van der Waals surface area contributed by atoms with E-state index < -0.39 is 11.9 Å². The molecule has 0 saturated carbocycles. The molecule has 0 spiro atoms. The van der Waals surface area contributed by atoms with Crippen LogP contribution >= 0.6 is 0 Å². The molecule has 106 valence electrons. The van der Waals surface area contributed by atoms with Gasteiger partial charge in [0.2, 0.25) is 0 Å². The zero-order chi connectivity index (χ0) is 14.9. The number of nitrogens with zero attached hydrogens (tertiary/aromatic N) is 1. The molecule has 1 nitrogen and oxygen atoms in total. The van der Waals surface area contributed by atoms with E-state index in [1.54, 1.807) is 24.3 Å². The average Bonchev–Trinajstić information content (AvgIpc) is 2.47. The second-order valence-electron chi connectivity index (χ2n) is 4.86. The number of hydrogen-bond donors (Lipinski definition) is 0. The zero-order valence-corrected chi connectivity index (χ0v) is 11.1. The van der Waals surface area contributed by atoms with Crippen molar-refractivity contribution >= 4 is 10.8 Å². The van der Waals surface area contributed by atoms with Crippen LogP contribution in [0.2, 0.25) is 0 Å². The Kier molecular flexibility index (Phi) is 3.37. The van der Waals surface area contributed by atoms with E-state index in [9.17, 15) is 13.2 Å². The largest absolute Gasteiger partial charge is 0.478 e. The summed E-state index contributed by atoms with van der Waals surface area (Å²) in [5, 5.41) is 0.817. The normalized spacial score (nSPS) is 11.8. The van der Waals surface area contributed by atoms with E-state index in [1.807, 2.05) is 30.3 Å². The quantitative estimate of drug-likeness (QED) is 0.622. The summed E-state index contributed by atoms with van der Waals surface area (Å²) in [7, 11) is 0. The molecule has 3 aromatic rings. The van der Waals surface area contributed by atoms with E-state index in [0.29, 0.717) is 5.39 Å². The van der Waals surface area contributed by atoms with Gasteiger partial charge in [-0.1, -0.05) is 48.5 Å². The summed E-state index contributed by atoms with van der Waals surface area (Å²) in [6.07, 6.45) is -2.90. The Morgan fingerprint density at radius 3 is 2.19 bits per heavy atom. The topological polar surface area (TPSA) is 3.88 Å². The Balaban J connectivity index is 2.18. The summed E-state index contributed by atoms with van der Waals surface area (Å²) < 4.78 is 41.6. The Bertz CT molecular complexity index is 764. The molecule has 0 aliphatic heterocycles. The van der Waals surface area contributed by atoms with Crippen LogP contribution in [0.5, 0.6) is 0 Å². The monoisotopic (exact) mass is 288 g/mol. The van der Waals surface area contributed by atoms with E-state index in [-0.39, 0.29) is 11.9 Å². The minimum absolute atomic E-state index is 0.195. The molecule has 4 heteroatoms. The fourth-order valence-corrected chi connectivity index (χ4v) is 2.48. The first-order valence-corrected chi connectivity index (χ1v) is 6.58. The number of alkyl halides is 3. The van der Waals surface area contributed by atoms with Gasteiger partial charge in [0.15, 0.2) is 12.7 Å². The standard InChI is InChI=1S/C17H13F3N/c18-17(19,20)16-15-9-5-4-8-14(15)10-11-21(16)12-13-6-2-1-3-7-13/h1-11H,12H2/q+1. The summed E-state index contributed by atoms with van der Waals surface area (Å²) in [4.78, 5) is 0. The van der Waals surface area contributed by atoms with E-state index in [2.05, 4.69) is 0 Å². The van der Waals surface area contributed by atoms with Crippen LogP contribution in [0.3, 0.4) is 0 Å². The highest BCUT2D eigenvalue weighted by molar-refractivity contribution is 5.83. The number of benzene rings is 2. The van der Waals surface area contributed by atoms with Crippen LogP contribution < -0.4 is 4.57 Å². The van der Waals surface area contributed by atoms with Crippen LogP contribution in [-0.4, -0.2) is 0 Å². The summed E-state index contributed by atoms with van der Waals surface area (Å²) in [5.74, 6) is 0. The molecule has 1 aromatic heterocycles. The van der Waals surface area contributed by atoms with Crippen molar-refractivity contribution in [3.63, 3.8) is 0 Å². The second kappa shape index (κ2) is 5.20. The Morgan fingerprint density at radius 2 is 1.48 bits per heavy atom. The predicted molar refractivity (Wildman–Crippen MR) is 74.7 cm³/mol. The van der Waals surface area contributed by atoms with Gasteiger partial charge < -0.3 is 0 Å². The van der Waals surface area contributed by atoms with Gasteiger partial charge >= 0.3 is 6.18 Å². The first kappa shape index (κ1) is 13.6. The maximum atomic E-state index is 13.5. The molecule has 0 radical (unpaired) electrons. The minimum Gasteiger partial charge on any atom is -0.190 e. The third-order valence-corrected chi connectivity index (χ3v) is 3.40. The smallest absolute Gasteiger partial charge is 0.190 e. The number of halogens is 3. The highest BCUT2D eigenvalue weighted by Gasteiger charge is 2.42. The van der Waals surface area contributed by atoms with Crippen molar-refractivity contribution in [1.29, 1.82) is 0 Å². The molecule has 0 atom stereocenters. The van der Waals surface area contributed by atoms with Crippen molar-refractivity contribution < 1.29 is 17.7 Å². The van der Waals surface area contributed by atoms with Crippen molar-refractivity contribution in [3.8, 4) is 0 Å². The van der Waals surface area contributed by atoms with Crippen LogP contribution in [0.25, 0.3) is 10.8 Å². The SMILES string of the molecule is FC(F)(F)c1c2ccccc2cc[n+]1Cc1ccccc1. The van der Waals surface area contributed by atoms with E-state index in [0.717, 1.165) is 5.56 Å². The molecule has 21 heavy (non-hydrogen) atoms. The number of hydrogen-bond acceptors (Lipinski definition) is 0. The lowest BCUT2D eigenvalue weighted by Crippen LogP contribution is -2.42. The van der Waals surface area contributed by atoms with Crippen molar-refractivity contribution in [2.45, 2.75) is 12.7 Å². The van der Waals surface area contributed by atoms with Crippen molar-refractivity contribution in [3.05, 3.63) is 78.1 Å². The first-order chi connectivity index (χ1) is 10.1. The lowest BCUT2D eigenvalue weighted by Gasteiger charge is -2.10. The predicted octanol–water partition coefficient (Wildman–Crippen LogP) is 4.19. The minimum atomic E-state index is -4.39. The molecule has 1 heterocycles.